The van der Waals surface area contributed by atoms with Crippen LogP contribution in [0.1, 0.15) is 13.8 Å². The Kier molecular flexibility index (Phi) is 5.66. The summed E-state index contributed by atoms with van der Waals surface area (Å²) in [5.74, 6) is -0.470. The number of hydrogen-bond donors (Lipinski definition) is 3. The van der Waals surface area contributed by atoms with Crippen LogP contribution < -0.4 is 15.8 Å². The van der Waals surface area contributed by atoms with Crippen molar-refractivity contribution in [2.75, 3.05) is 18.8 Å². The number of carbonyl (C=O) groups excluding carboxylic acids is 1. The third-order valence-electron chi connectivity index (χ3n) is 1.38. The van der Waals surface area contributed by atoms with Crippen molar-refractivity contribution >= 4 is 15.9 Å². The van der Waals surface area contributed by atoms with Crippen molar-refractivity contribution in [1.82, 2.24) is 10.6 Å². The van der Waals surface area contributed by atoms with E-state index in [1.54, 1.807) is 0 Å². The molecule has 0 spiro atoms. The average molecular weight is 223 g/mol. The van der Waals surface area contributed by atoms with Crippen molar-refractivity contribution in [3.8, 4) is 0 Å². The molecule has 0 saturated carbocycles. The molecule has 14 heavy (non-hydrogen) atoms. The van der Waals surface area contributed by atoms with Gasteiger partial charge < -0.3 is 10.6 Å². The number of hydrogen-bond acceptors (Lipinski definition) is 4. The van der Waals surface area contributed by atoms with Gasteiger partial charge in [0.1, 0.15) is 0 Å². The van der Waals surface area contributed by atoms with E-state index in [2.05, 4.69) is 10.6 Å². The van der Waals surface area contributed by atoms with Crippen LogP contribution in [0.4, 0.5) is 0 Å². The first kappa shape index (κ1) is 13.3. The maximum Gasteiger partial charge on any atom is 0.233 e. The van der Waals surface area contributed by atoms with Gasteiger partial charge in [0.25, 0.3) is 0 Å². The highest BCUT2D eigenvalue weighted by molar-refractivity contribution is 7.89. The van der Waals surface area contributed by atoms with Gasteiger partial charge in [0.05, 0.1) is 12.3 Å². The highest BCUT2D eigenvalue weighted by Gasteiger charge is 2.05. The van der Waals surface area contributed by atoms with Gasteiger partial charge >= 0.3 is 0 Å². The molecule has 0 aromatic heterocycles. The molecule has 0 radical (unpaired) electrons. The van der Waals surface area contributed by atoms with E-state index in [0.717, 1.165) is 0 Å². The van der Waals surface area contributed by atoms with Crippen LogP contribution in [0.3, 0.4) is 0 Å². The lowest BCUT2D eigenvalue weighted by Gasteiger charge is -2.08. The quantitative estimate of drug-likeness (QED) is 0.504. The molecule has 0 fully saturated rings. The highest BCUT2D eigenvalue weighted by Crippen LogP contribution is 1.77. The molecule has 0 heterocycles. The fourth-order valence-corrected chi connectivity index (χ4v) is 1.08. The summed E-state index contributed by atoms with van der Waals surface area (Å²) in [5.41, 5.74) is 0. The molecule has 0 aromatic rings. The largest absolute Gasteiger partial charge is 0.354 e. The van der Waals surface area contributed by atoms with E-state index in [9.17, 15) is 13.2 Å². The molecule has 4 N–H and O–H groups in total. The number of nitrogens with two attached hydrogens (primary N) is 1. The van der Waals surface area contributed by atoms with Crippen molar-refractivity contribution < 1.29 is 13.2 Å². The summed E-state index contributed by atoms with van der Waals surface area (Å²) in [5, 5.41) is 10.1. The van der Waals surface area contributed by atoms with Crippen LogP contribution >= 0.6 is 0 Å². The Morgan fingerprint density at radius 1 is 1.43 bits per heavy atom. The Morgan fingerprint density at radius 2 is 2.00 bits per heavy atom. The van der Waals surface area contributed by atoms with Crippen LogP contribution in [-0.4, -0.2) is 39.2 Å². The van der Waals surface area contributed by atoms with Crippen molar-refractivity contribution in [2.24, 2.45) is 5.14 Å². The average Bonchev–Trinajstić information content (AvgIpc) is 1.98. The second-order valence-electron chi connectivity index (χ2n) is 3.25. The third kappa shape index (κ3) is 9.43. The van der Waals surface area contributed by atoms with Crippen molar-refractivity contribution in [3.63, 3.8) is 0 Å². The monoisotopic (exact) mass is 223 g/mol. The number of sulfonamides is 1. The molecular formula is C7H17N3O3S. The SMILES string of the molecule is CC(C)NCC(=O)NCCS(N)(=O)=O. The summed E-state index contributed by atoms with van der Waals surface area (Å²) in [4.78, 5) is 11.0. The van der Waals surface area contributed by atoms with Gasteiger partial charge in [-0.2, -0.15) is 0 Å². The van der Waals surface area contributed by atoms with Crippen LogP contribution in [0, 0.1) is 0 Å². The van der Waals surface area contributed by atoms with Gasteiger partial charge in [-0.25, -0.2) is 13.6 Å². The number of primary sulfonamides is 1. The van der Waals surface area contributed by atoms with Gasteiger partial charge in [-0.1, -0.05) is 13.8 Å². The Hall–Kier alpha value is -0.660. The van der Waals surface area contributed by atoms with Gasteiger partial charge in [-0.15, -0.1) is 0 Å². The summed E-state index contributed by atoms with van der Waals surface area (Å²) in [6.07, 6.45) is 0. The number of amides is 1. The Balaban J connectivity index is 3.55. The van der Waals surface area contributed by atoms with E-state index in [1.807, 2.05) is 13.8 Å². The van der Waals surface area contributed by atoms with Crippen molar-refractivity contribution in [3.05, 3.63) is 0 Å². The molecule has 0 unspecified atom stereocenters. The first-order valence-electron chi connectivity index (χ1n) is 4.32. The van der Waals surface area contributed by atoms with Gasteiger partial charge in [-0.05, 0) is 0 Å². The molecule has 0 aliphatic rings. The van der Waals surface area contributed by atoms with Crippen LogP contribution in [0.25, 0.3) is 0 Å². The predicted octanol–water partition coefficient (Wildman–Crippen LogP) is -1.61. The van der Waals surface area contributed by atoms with Gasteiger partial charge in [0.15, 0.2) is 0 Å². The van der Waals surface area contributed by atoms with E-state index >= 15 is 0 Å². The van der Waals surface area contributed by atoms with Gasteiger partial charge in [0, 0.05) is 12.6 Å². The number of carbonyl (C=O) groups is 1. The minimum Gasteiger partial charge on any atom is -0.354 e. The molecule has 0 bridgehead atoms. The van der Waals surface area contributed by atoms with Crippen LogP contribution in [0.5, 0.6) is 0 Å². The number of nitrogens with one attached hydrogen (secondary N) is 2. The molecule has 1 amide bonds. The first-order valence-corrected chi connectivity index (χ1v) is 6.03. The normalized spacial score (nSPS) is 11.7. The summed E-state index contributed by atoms with van der Waals surface area (Å²) in [7, 11) is -3.49. The van der Waals surface area contributed by atoms with E-state index < -0.39 is 10.0 Å². The van der Waals surface area contributed by atoms with E-state index in [-0.39, 0.29) is 30.8 Å². The molecule has 6 nitrogen and oxygen atoms in total. The summed E-state index contributed by atoms with van der Waals surface area (Å²) in [6, 6.07) is 0.221. The number of rotatable bonds is 6. The fourth-order valence-electron chi connectivity index (χ4n) is 0.692. The topological polar surface area (TPSA) is 101 Å². The molecule has 0 aliphatic heterocycles. The molecule has 84 valence electrons. The van der Waals surface area contributed by atoms with E-state index in [0.29, 0.717) is 0 Å². The van der Waals surface area contributed by atoms with Crippen molar-refractivity contribution in [2.45, 2.75) is 19.9 Å². The zero-order chi connectivity index (χ0) is 11.2. The lowest BCUT2D eigenvalue weighted by Crippen LogP contribution is -2.39. The summed E-state index contributed by atoms with van der Waals surface area (Å²) < 4.78 is 21.0. The lowest BCUT2D eigenvalue weighted by atomic mass is 10.4. The fraction of sp³-hybridized carbons (Fsp3) is 0.857. The Bertz CT molecular complexity index is 274. The molecule has 0 aliphatic carbocycles. The molecular weight excluding hydrogens is 206 g/mol. The van der Waals surface area contributed by atoms with E-state index in [4.69, 9.17) is 5.14 Å². The standard InChI is InChI=1S/C7H17N3O3S/c1-6(2)10-5-7(11)9-3-4-14(8,12)13/h6,10H,3-5H2,1-2H3,(H,9,11)(H2,8,12,13). The van der Waals surface area contributed by atoms with Crippen LogP contribution in [0.2, 0.25) is 0 Å². The third-order valence-corrected chi connectivity index (χ3v) is 2.15. The zero-order valence-electron chi connectivity index (χ0n) is 8.41. The van der Waals surface area contributed by atoms with Gasteiger partial charge in [0.2, 0.25) is 15.9 Å². The lowest BCUT2D eigenvalue weighted by molar-refractivity contribution is -0.120. The smallest absolute Gasteiger partial charge is 0.233 e. The minimum absolute atomic E-state index is 0.0530. The Morgan fingerprint density at radius 3 is 2.43 bits per heavy atom. The Labute approximate surface area is 84.3 Å². The summed E-state index contributed by atoms with van der Waals surface area (Å²) in [6.45, 7) is 4.06. The van der Waals surface area contributed by atoms with Crippen molar-refractivity contribution in [1.29, 1.82) is 0 Å². The van der Waals surface area contributed by atoms with E-state index in [1.165, 1.54) is 0 Å². The molecule has 0 atom stereocenters. The maximum atomic E-state index is 11.0. The molecule has 0 saturated heterocycles. The second kappa shape index (κ2) is 5.94. The predicted molar refractivity (Wildman–Crippen MR) is 54.1 cm³/mol. The zero-order valence-corrected chi connectivity index (χ0v) is 9.23. The minimum atomic E-state index is -3.49. The summed E-state index contributed by atoms with van der Waals surface area (Å²) >= 11 is 0. The van der Waals surface area contributed by atoms with Gasteiger partial charge in [-0.3, -0.25) is 4.79 Å². The second-order valence-corrected chi connectivity index (χ2v) is 4.99. The highest BCUT2D eigenvalue weighted by atomic mass is 32.2. The maximum absolute atomic E-state index is 11.0. The molecule has 7 heteroatoms. The molecule has 0 rings (SSSR count). The molecule has 0 aromatic carbocycles. The van der Waals surface area contributed by atoms with Crippen LogP contribution in [-0.2, 0) is 14.8 Å². The van der Waals surface area contributed by atoms with Crippen LogP contribution in [0.15, 0.2) is 0 Å². The first-order chi connectivity index (χ1) is 6.31.